The van der Waals surface area contributed by atoms with Crippen molar-refractivity contribution in [3.8, 4) is 0 Å². The number of amides is 1. The molecule has 2 atom stereocenters. The molecule has 0 aromatic carbocycles. The highest BCUT2D eigenvalue weighted by Crippen LogP contribution is 2.44. The zero-order valence-electron chi connectivity index (χ0n) is 10.5. The van der Waals surface area contributed by atoms with Crippen molar-refractivity contribution in [1.82, 2.24) is 9.78 Å². The number of aryl methyl sites for hydroxylation is 2. The fourth-order valence-corrected chi connectivity index (χ4v) is 3.06. The Balaban J connectivity index is 2.10. The minimum atomic E-state index is -0.286. The van der Waals surface area contributed by atoms with Gasteiger partial charge in [-0.3, -0.25) is 9.48 Å². The average molecular weight is 234 g/mol. The van der Waals surface area contributed by atoms with Crippen LogP contribution in [0.5, 0.6) is 0 Å². The van der Waals surface area contributed by atoms with Crippen LogP contribution in [-0.4, -0.2) is 21.7 Å². The standard InChI is InChI=1S/C12H18N4O/c1-7-9-10(16(3)15-7)13-8-5-4-6-12(8,2)11(17)14-9/h8,13H,4-6H2,1-3H3,(H,14,17). The number of anilines is 2. The molecule has 2 unspecified atom stereocenters. The normalized spacial score (nSPS) is 31.2. The van der Waals surface area contributed by atoms with Gasteiger partial charge in [0.1, 0.15) is 11.5 Å². The Morgan fingerprint density at radius 2 is 2.29 bits per heavy atom. The summed E-state index contributed by atoms with van der Waals surface area (Å²) in [5, 5.41) is 10.9. The first-order valence-electron chi connectivity index (χ1n) is 6.14. The number of aromatic nitrogens is 2. The molecule has 1 fully saturated rings. The van der Waals surface area contributed by atoms with Crippen LogP contribution in [0.4, 0.5) is 11.5 Å². The van der Waals surface area contributed by atoms with Crippen LogP contribution in [0.3, 0.4) is 0 Å². The van der Waals surface area contributed by atoms with E-state index in [9.17, 15) is 4.79 Å². The topological polar surface area (TPSA) is 59.0 Å². The second-order valence-electron chi connectivity index (χ2n) is 5.39. The molecule has 1 aliphatic carbocycles. The fraction of sp³-hybridized carbons (Fsp3) is 0.667. The fourth-order valence-electron chi connectivity index (χ4n) is 3.06. The van der Waals surface area contributed by atoms with Gasteiger partial charge in [0.2, 0.25) is 5.91 Å². The minimum Gasteiger partial charge on any atom is -0.365 e. The van der Waals surface area contributed by atoms with Gasteiger partial charge in [0, 0.05) is 13.1 Å². The van der Waals surface area contributed by atoms with Crippen molar-refractivity contribution in [3.05, 3.63) is 5.69 Å². The van der Waals surface area contributed by atoms with Gasteiger partial charge in [-0.25, -0.2) is 0 Å². The third-order valence-corrected chi connectivity index (χ3v) is 4.25. The summed E-state index contributed by atoms with van der Waals surface area (Å²) in [4.78, 5) is 12.4. The first-order valence-corrected chi connectivity index (χ1v) is 6.14. The molecule has 1 aliphatic heterocycles. The molecule has 1 amide bonds. The first kappa shape index (κ1) is 10.6. The van der Waals surface area contributed by atoms with Crippen LogP contribution in [-0.2, 0) is 11.8 Å². The molecule has 0 spiro atoms. The number of nitrogens with zero attached hydrogens (tertiary/aromatic N) is 2. The Labute approximate surface area is 101 Å². The second-order valence-corrected chi connectivity index (χ2v) is 5.39. The lowest BCUT2D eigenvalue weighted by Crippen LogP contribution is -2.41. The molecular weight excluding hydrogens is 216 g/mol. The lowest BCUT2D eigenvalue weighted by molar-refractivity contribution is -0.124. The van der Waals surface area contributed by atoms with E-state index in [1.54, 1.807) is 0 Å². The molecule has 2 aliphatic rings. The zero-order chi connectivity index (χ0) is 12.2. The molecule has 0 radical (unpaired) electrons. The summed E-state index contributed by atoms with van der Waals surface area (Å²) in [5.41, 5.74) is 1.42. The number of carbonyl (C=O) groups excluding carboxylic acids is 1. The SMILES string of the molecule is Cc1nn(C)c2c1NC(=O)C1(C)CCCC1N2. The molecule has 2 heterocycles. The summed E-state index contributed by atoms with van der Waals surface area (Å²) in [6, 6.07) is 0.221. The Kier molecular flexibility index (Phi) is 2.03. The number of hydrogen-bond acceptors (Lipinski definition) is 3. The Morgan fingerprint density at radius 3 is 3.06 bits per heavy atom. The highest BCUT2D eigenvalue weighted by molar-refractivity contribution is 6.00. The largest absolute Gasteiger partial charge is 0.365 e. The summed E-state index contributed by atoms with van der Waals surface area (Å²) in [5.74, 6) is 1.06. The molecule has 2 N–H and O–H groups in total. The van der Waals surface area contributed by atoms with Gasteiger partial charge in [-0.2, -0.15) is 5.10 Å². The maximum atomic E-state index is 12.4. The maximum absolute atomic E-state index is 12.4. The third-order valence-electron chi connectivity index (χ3n) is 4.25. The number of fused-ring (bicyclic) bond motifs is 2. The second kappa shape index (κ2) is 3.24. The first-order chi connectivity index (χ1) is 8.02. The molecule has 5 heteroatoms. The lowest BCUT2D eigenvalue weighted by atomic mass is 9.84. The van der Waals surface area contributed by atoms with E-state index in [1.807, 2.05) is 18.7 Å². The van der Waals surface area contributed by atoms with E-state index in [4.69, 9.17) is 0 Å². The molecule has 3 rings (SSSR count). The quantitative estimate of drug-likeness (QED) is 0.717. The van der Waals surface area contributed by atoms with E-state index in [0.29, 0.717) is 0 Å². The predicted molar refractivity (Wildman–Crippen MR) is 65.9 cm³/mol. The van der Waals surface area contributed by atoms with Crippen LogP contribution >= 0.6 is 0 Å². The van der Waals surface area contributed by atoms with Crippen molar-refractivity contribution < 1.29 is 4.79 Å². The number of hydrogen-bond donors (Lipinski definition) is 2. The molecule has 17 heavy (non-hydrogen) atoms. The molecule has 0 saturated heterocycles. The van der Waals surface area contributed by atoms with Crippen molar-refractivity contribution in [2.24, 2.45) is 12.5 Å². The van der Waals surface area contributed by atoms with Gasteiger partial charge in [0.25, 0.3) is 0 Å². The summed E-state index contributed by atoms with van der Waals surface area (Å²) in [6.07, 6.45) is 3.11. The smallest absolute Gasteiger partial charge is 0.232 e. The predicted octanol–water partition coefficient (Wildman–Crippen LogP) is 1.65. The molecule has 5 nitrogen and oxygen atoms in total. The average Bonchev–Trinajstić information content (AvgIpc) is 2.72. The van der Waals surface area contributed by atoms with E-state index in [2.05, 4.69) is 22.7 Å². The van der Waals surface area contributed by atoms with Crippen molar-refractivity contribution in [2.75, 3.05) is 10.6 Å². The molecule has 92 valence electrons. The Morgan fingerprint density at radius 1 is 1.53 bits per heavy atom. The highest BCUT2D eigenvalue weighted by atomic mass is 16.2. The molecular formula is C12H18N4O. The third kappa shape index (κ3) is 1.31. The van der Waals surface area contributed by atoms with E-state index in [-0.39, 0.29) is 17.4 Å². The number of rotatable bonds is 0. The van der Waals surface area contributed by atoms with E-state index >= 15 is 0 Å². The number of carbonyl (C=O) groups is 1. The van der Waals surface area contributed by atoms with Crippen LogP contribution in [0.15, 0.2) is 0 Å². The Hall–Kier alpha value is -1.52. The molecule has 1 aromatic heterocycles. The van der Waals surface area contributed by atoms with Crippen LogP contribution in [0.1, 0.15) is 31.9 Å². The summed E-state index contributed by atoms with van der Waals surface area (Å²) < 4.78 is 1.81. The Bertz CT molecular complexity index is 493. The van der Waals surface area contributed by atoms with Crippen molar-refractivity contribution in [1.29, 1.82) is 0 Å². The van der Waals surface area contributed by atoms with Crippen molar-refractivity contribution in [2.45, 2.75) is 39.2 Å². The van der Waals surface area contributed by atoms with Gasteiger partial charge in [0.05, 0.1) is 11.1 Å². The molecule has 0 bridgehead atoms. The van der Waals surface area contributed by atoms with Gasteiger partial charge >= 0.3 is 0 Å². The van der Waals surface area contributed by atoms with Gasteiger partial charge in [-0.15, -0.1) is 0 Å². The zero-order valence-corrected chi connectivity index (χ0v) is 10.5. The summed E-state index contributed by atoms with van der Waals surface area (Å²) in [7, 11) is 1.91. The van der Waals surface area contributed by atoms with Gasteiger partial charge < -0.3 is 10.6 Å². The van der Waals surface area contributed by atoms with Gasteiger partial charge in [0.15, 0.2) is 0 Å². The van der Waals surface area contributed by atoms with Crippen LogP contribution in [0, 0.1) is 12.3 Å². The minimum absolute atomic E-state index is 0.127. The summed E-state index contributed by atoms with van der Waals surface area (Å²) >= 11 is 0. The van der Waals surface area contributed by atoms with Gasteiger partial charge in [-0.05, 0) is 26.7 Å². The number of nitrogens with one attached hydrogen (secondary N) is 2. The van der Waals surface area contributed by atoms with Gasteiger partial charge in [-0.1, -0.05) is 6.42 Å². The van der Waals surface area contributed by atoms with E-state index in [0.717, 1.165) is 36.5 Å². The molecule has 1 aromatic rings. The van der Waals surface area contributed by atoms with Crippen molar-refractivity contribution in [3.63, 3.8) is 0 Å². The van der Waals surface area contributed by atoms with E-state index < -0.39 is 0 Å². The molecule has 1 saturated carbocycles. The van der Waals surface area contributed by atoms with Crippen LogP contribution in [0.25, 0.3) is 0 Å². The highest BCUT2D eigenvalue weighted by Gasteiger charge is 2.47. The van der Waals surface area contributed by atoms with Crippen LogP contribution < -0.4 is 10.6 Å². The monoisotopic (exact) mass is 234 g/mol. The summed E-state index contributed by atoms with van der Waals surface area (Å²) in [6.45, 7) is 3.98. The lowest BCUT2D eigenvalue weighted by Gasteiger charge is -2.28. The van der Waals surface area contributed by atoms with Crippen LogP contribution in [0.2, 0.25) is 0 Å². The van der Waals surface area contributed by atoms with E-state index in [1.165, 1.54) is 0 Å². The van der Waals surface area contributed by atoms with Crippen molar-refractivity contribution >= 4 is 17.4 Å². The maximum Gasteiger partial charge on any atom is 0.232 e.